The molecule has 0 saturated heterocycles. The number of para-hydroxylation sites is 1. The van der Waals surface area contributed by atoms with Crippen LogP contribution < -0.4 is 20.2 Å². The van der Waals surface area contributed by atoms with Crippen molar-refractivity contribution < 1.29 is 9.47 Å². The number of nitriles is 2. The molecule has 7 nitrogen and oxygen atoms in total. The zero-order valence-electron chi connectivity index (χ0n) is 19.8. The molecule has 0 saturated carbocycles. The number of hydrogen-bond donors (Lipinski definition) is 1. The molecule has 1 heterocycles. The first-order valence-electron chi connectivity index (χ1n) is 11.1. The number of anilines is 1. The van der Waals surface area contributed by atoms with Crippen molar-refractivity contribution in [1.82, 2.24) is 0 Å². The maximum Gasteiger partial charge on any atom is 0.177 e. The predicted molar refractivity (Wildman–Crippen MR) is 156 cm³/mol. The average Bonchev–Trinajstić information content (AvgIpc) is 3.26. The van der Waals surface area contributed by atoms with Crippen molar-refractivity contribution >= 4 is 72.5 Å². The van der Waals surface area contributed by atoms with Crippen LogP contribution in [0.25, 0.3) is 6.08 Å². The molecule has 0 amide bonds. The minimum Gasteiger partial charge on any atom is -0.493 e. The Morgan fingerprint density at radius 1 is 1.11 bits per heavy atom. The first-order chi connectivity index (χ1) is 18.3. The van der Waals surface area contributed by atoms with Gasteiger partial charge >= 0.3 is 0 Å². The molecule has 1 aliphatic heterocycles. The summed E-state index contributed by atoms with van der Waals surface area (Å²) < 4.78 is 12.8. The van der Waals surface area contributed by atoms with Gasteiger partial charge in [-0.15, -0.1) is 0 Å². The molecule has 1 aliphatic rings. The minimum absolute atomic E-state index is 0.199. The molecule has 0 aromatic heterocycles. The van der Waals surface area contributed by atoms with E-state index in [2.05, 4.69) is 49.1 Å². The van der Waals surface area contributed by atoms with Crippen molar-refractivity contribution in [2.45, 2.75) is 12.8 Å². The molecule has 3 aromatic carbocycles. The van der Waals surface area contributed by atoms with Gasteiger partial charge < -0.3 is 15.2 Å². The summed E-state index contributed by atoms with van der Waals surface area (Å²) in [5, 5.41) is 26.9. The minimum atomic E-state index is -0.806. The van der Waals surface area contributed by atoms with Crippen molar-refractivity contribution in [3.8, 4) is 23.6 Å². The molecule has 0 unspecified atom stereocenters. The molecule has 0 aliphatic carbocycles. The normalized spacial score (nSPS) is 17.0. The summed E-state index contributed by atoms with van der Waals surface area (Å²) >= 11 is 19.3. The highest BCUT2D eigenvalue weighted by atomic mass is 79.9. The summed E-state index contributed by atoms with van der Waals surface area (Å²) in [4.78, 5) is 0. The number of hydrogen-bond acceptors (Lipinski definition) is 7. The van der Waals surface area contributed by atoms with Gasteiger partial charge in [0, 0.05) is 4.47 Å². The maximum atomic E-state index is 10.0. The Morgan fingerprint density at radius 3 is 2.47 bits per heavy atom. The lowest BCUT2D eigenvalue weighted by atomic mass is 9.95. The van der Waals surface area contributed by atoms with Crippen molar-refractivity contribution in [2.24, 2.45) is 16.8 Å². The fourth-order valence-electron chi connectivity index (χ4n) is 3.82. The third-order valence-electron chi connectivity index (χ3n) is 5.73. The molecule has 3 aromatic rings. The Kier molecular flexibility index (Phi) is 8.99. The lowest BCUT2D eigenvalue weighted by Gasteiger charge is -2.21. The second kappa shape index (κ2) is 12.2. The van der Waals surface area contributed by atoms with Crippen LogP contribution in [0.2, 0.25) is 10.0 Å². The Morgan fingerprint density at radius 2 is 1.84 bits per heavy atom. The predicted octanol–water partition coefficient (Wildman–Crippen LogP) is 7.31. The number of methoxy groups -OCH3 is 1. The zero-order chi connectivity index (χ0) is 27.4. The molecule has 0 fully saturated rings. The van der Waals surface area contributed by atoms with E-state index >= 15 is 0 Å². The first-order valence-corrected chi connectivity index (χ1v) is 13.5. The number of nitrogens with two attached hydrogens (primary N) is 1. The molecule has 0 spiro atoms. The van der Waals surface area contributed by atoms with Crippen LogP contribution in [-0.4, -0.2) is 19.0 Å². The molecular formula is C27H19Br2Cl2N5O2. The smallest absolute Gasteiger partial charge is 0.177 e. The van der Waals surface area contributed by atoms with Gasteiger partial charge in [0.2, 0.25) is 0 Å². The highest BCUT2D eigenvalue weighted by Gasteiger charge is 2.37. The molecule has 0 radical (unpaired) electrons. The lowest BCUT2D eigenvalue weighted by Crippen LogP contribution is -2.40. The largest absolute Gasteiger partial charge is 0.493 e. The van der Waals surface area contributed by atoms with Crippen LogP contribution in [0.1, 0.15) is 11.1 Å². The number of nitrogens with zero attached hydrogens (tertiary/aromatic N) is 4. The topological polar surface area (TPSA) is 108 Å². The second-order valence-corrected chi connectivity index (χ2v) is 10.5. The standard InChI is InChI=1S/C27H19Br2Cl2N5O2/c1-37-22-11-16(23(28)24(29)26(22)38-14-15-7-8-20(30)21(31)9-15)10-17(12-32)25-19(13-33)27(34)36(35-25)18-5-3-2-4-6-18/h2-11,19,27H,14,34H2,1H3/b17-10-/t19-,27-/m0/s1. The van der Waals surface area contributed by atoms with E-state index in [9.17, 15) is 10.5 Å². The monoisotopic (exact) mass is 673 g/mol. The van der Waals surface area contributed by atoms with Gasteiger partial charge in [-0.1, -0.05) is 47.5 Å². The van der Waals surface area contributed by atoms with Crippen molar-refractivity contribution in [3.63, 3.8) is 0 Å². The summed E-state index contributed by atoms with van der Waals surface area (Å²) in [6.07, 6.45) is 0.890. The summed E-state index contributed by atoms with van der Waals surface area (Å²) in [6, 6.07) is 20.6. The van der Waals surface area contributed by atoms with Crippen molar-refractivity contribution in [1.29, 1.82) is 10.5 Å². The van der Waals surface area contributed by atoms with Crippen LogP contribution in [0, 0.1) is 28.6 Å². The van der Waals surface area contributed by atoms with Gasteiger partial charge in [0.15, 0.2) is 11.5 Å². The second-order valence-electron chi connectivity index (χ2n) is 8.09. The SMILES string of the molecule is COc1cc(/C=C(/C#N)C2=NN(c3ccccc3)[C@H](N)[C@H]2C#N)c(Br)c(Br)c1OCc1ccc(Cl)c(Cl)c1. The molecule has 11 heteroatoms. The molecule has 2 N–H and O–H groups in total. The average molecular weight is 676 g/mol. The quantitative estimate of drug-likeness (QED) is 0.263. The Labute approximate surface area is 246 Å². The zero-order valence-corrected chi connectivity index (χ0v) is 24.5. The van der Waals surface area contributed by atoms with Gasteiger partial charge in [-0.3, -0.25) is 0 Å². The molecule has 4 rings (SSSR count). The fraction of sp³-hybridized carbons (Fsp3) is 0.148. The van der Waals surface area contributed by atoms with E-state index in [4.69, 9.17) is 38.4 Å². The maximum absolute atomic E-state index is 10.0. The third-order valence-corrected chi connectivity index (χ3v) is 8.62. The molecule has 0 bridgehead atoms. The fourth-order valence-corrected chi connectivity index (χ4v) is 5.09. The summed E-state index contributed by atoms with van der Waals surface area (Å²) in [5.41, 5.74) is 8.98. The van der Waals surface area contributed by atoms with E-state index < -0.39 is 12.1 Å². The van der Waals surface area contributed by atoms with Crippen LogP contribution in [-0.2, 0) is 6.61 Å². The summed E-state index contributed by atoms with van der Waals surface area (Å²) in [6.45, 7) is 0.213. The van der Waals surface area contributed by atoms with E-state index in [0.29, 0.717) is 36.1 Å². The van der Waals surface area contributed by atoms with Gasteiger partial charge in [0.05, 0.1) is 44.7 Å². The van der Waals surface area contributed by atoms with Crippen LogP contribution >= 0.6 is 55.1 Å². The number of ether oxygens (including phenoxy) is 2. The Bertz CT molecular complexity index is 1520. The third kappa shape index (κ3) is 5.68. The van der Waals surface area contributed by atoms with Gasteiger partial charge in [-0.2, -0.15) is 15.6 Å². The van der Waals surface area contributed by atoms with Gasteiger partial charge in [-0.25, -0.2) is 5.01 Å². The number of benzene rings is 3. The van der Waals surface area contributed by atoms with E-state index in [0.717, 1.165) is 11.3 Å². The van der Waals surface area contributed by atoms with E-state index in [-0.39, 0.29) is 17.9 Å². The molecular weight excluding hydrogens is 657 g/mol. The van der Waals surface area contributed by atoms with E-state index in [1.54, 1.807) is 29.3 Å². The summed E-state index contributed by atoms with van der Waals surface area (Å²) in [5.74, 6) is 0.0713. The van der Waals surface area contributed by atoms with Crippen LogP contribution in [0.15, 0.2) is 74.2 Å². The van der Waals surface area contributed by atoms with Crippen LogP contribution in [0.5, 0.6) is 11.5 Å². The van der Waals surface area contributed by atoms with Crippen molar-refractivity contribution in [2.75, 3.05) is 12.1 Å². The van der Waals surface area contributed by atoms with Gasteiger partial charge in [-0.05, 0) is 79.4 Å². The van der Waals surface area contributed by atoms with Crippen molar-refractivity contribution in [3.05, 3.63) is 90.3 Å². The van der Waals surface area contributed by atoms with Crippen LogP contribution in [0.4, 0.5) is 5.69 Å². The first kappa shape index (κ1) is 28.0. The highest BCUT2D eigenvalue weighted by Crippen LogP contribution is 2.44. The highest BCUT2D eigenvalue weighted by molar-refractivity contribution is 9.13. The van der Waals surface area contributed by atoms with Gasteiger partial charge in [0.25, 0.3) is 0 Å². The van der Waals surface area contributed by atoms with E-state index in [1.807, 2.05) is 36.4 Å². The number of allylic oxidation sites excluding steroid dienone is 1. The lowest BCUT2D eigenvalue weighted by molar-refractivity contribution is 0.282. The number of halogens is 4. The van der Waals surface area contributed by atoms with Gasteiger partial charge in [0.1, 0.15) is 24.8 Å². The Balaban J connectivity index is 1.69. The molecule has 192 valence electrons. The van der Waals surface area contributed by atoms with Crippen LogP contribution in [0.3, 0.4) is 0 Å². The Hall–Kier alpha value is -3.05. The molecule has 2 atom stereocenters. The number of rotatable bonds is 7. The number of hydrazone groups is 1. The van der Waals surface area contributed by atoms with E-state index in [1.165, 1.54) is 7.11 Å². The summed E-state index contributed by atoms with van der Waals surface area (Å²) in [7, 11) is 1.52. The molecule has 38 heavy (non-hydrogen) atoms.